The second kappa shape index (κ2) is 30.2. The van der Waals surface area contributed by atoms with Crippen LogP contribution in [0.1, 0.15) is 22.5 Å². The number of hydrogen-bond donors (Lipinski definition) is 0. The first kappa shape index (κ1) is 72.4. The van der Waals surface area contributed by atoms with Crippen LogP contribution in [0, 0.1) is 27.7 Å². The molecule has 0 saturated carbocycles. The van der Waals surface area contributed by atoms with Crippen molar-refractivity contribution in [1.82, 2.24) is 49.5 Å². The lowest BCUT2D eigenvalue weighted by atomic mass is 9.87. The molecule has 574 valence electrons. The van der Waals surface area contributed by atoms with Gasteiger partial charge in [-0.3, -0.25) is 19.9 Å². The number of fused-ring (bicyclic) bond motifs is 6. The molecule has 22 rings (SSSR count). The molecule has 0 saturated heterocycles. The Morgan fingerprint density at radius 1 is 0.197 bits per heavy atom. The molecule has 7 aromatic heterocycles. The van der Waals surface area contributed by atoms with Crippen LogP contribution in [-0.4, -0.2) is 49.5 Å². The first-order valence-corrected chi connectivity index (χ1v) is 41.3. The summed E-state index contributed by atoms with van der Waals surface area (Å²) >= 11 is 0. The standard InChI is InChI=1S/C112H76N10/c1-69-71(3)119-121(111(69)85-62-81(93-26-9-5-22-89(93)73-36-44-77(45-37-73)103-32-13-17-56-113-103)60-82(63-85)94-27-10-6-23-90(94)74-38-46-78(47-39-74)104-33-14-18-57-114-104)87-52-54-99-101(66-87)97-30-21-31-98-102-67-88(53-55-100(102)110-108(107(97)98)109(99)117-68-118-110)122-112(70(2)72(4)120-122)86-64-83(95-28-11-7-24-91(95)75-40-48-79(49-41-75)105-34-15-19-58-115-105)61-84(65-86)96-29-12-8-25-92(96)76-42-50-80(51-43-76)106-35-16-20-59-116-106/h5-68H,1-4H3. The molecule has 0 unspecified atom stereocenters. The lowest BCUT2D eigenvalue weighted by Gasteiger charge is -2.19. The van der Waals surface area contributed by atoms with Crippen LogP contribution in [0.4, 0.5) is 0 Å². The SMILES string of the molecule is Cc1nn(-c2ccc3c(c2)c2cccc4c5cc(-n6nc(C)c(C)c6-c6cc(-c7ccccc7-c7ccc(-c8ccccn8)cc7)cc(-c7ccccc7-c7ccc(-c8ccccn8)cc7)c6)ccc5c5ncnc3c5c24)c(-c2cc(-c3ccccc3-c3ccc(-c4ccccn4)cc3)cc(-c3ccccc3-c3ccc(-c4ccccn4)cc3)c2)c1C. The van der Waals surface area contributed by atoms with E-state index in [2.05, 4.69) is 366 Å². The minimum Gasteiger partial charge on any atom is -0.256 e. The molecule has 0 amide bonds. The molecule has 0 atom stereocenters. The summed E-state index contributed by atoms with van der Waals surface area (Å²) in [6.07, 6.45) is 9.13. The minimum absolute atomic E-state index is 0.897. The summed E-state index contributed by atoms with van der Waals surface area (Å²) in [6.45, 7) is 8.67. The second-order valence-electron chi connectivity index (χ2n) is 31.5. The Bertz CT molecular complexity index is 7050. The summed E-state index contributed by atoms with van der Waals surface area (Å²) in [5.41, 5.74) is 37.5. The van der Waals surface area contributed by atoms with Gasteiger partial charge in [-0.15, -0.1) is 0 Å². The van der Waals surface area contributed by atoms with Crippen molar-refractivity contribution in [2.24, 2.45) is 0 Å². The van der Waals surface area contributed by atoms with Crippen LogP contribution in [0.5, 0.6) is 0 Å². The predicted octanol–water partition coefficient (Wildman–Crippen LogP) is 28.2. The van der Waals surface area contributed by atoms with Crippen LogP contribution in [0.15, 0.2) is 389 Å². The number of nitrogens with zero attached hydrogens (tertiary/aromatic N) is 10. The van der Waals surface area contributed by atoms with Crippen molar-refractivity contribution >= 4 is 54.1 Å². The molecular formula is C112H76N10. The highest BCUT2D eigenvalue weighted by molar-refractivity contribution is 6.38. The fourth-order valence-corrected chi connectivity index (χ4v) is 18.3. The van der Waals surface area contributed by atoms with Crippen molar-refractivity contribution in [2.75, 3.05) is 0 Å². The van der Waals surface area contributed by atoms with E-state index in [0.717, 1.165) is 245 Å². The lowest BCUT2D eigenvalue weighted by molar-refractivity contribution is 0.871. The monoisotopic (exact) mass is 1560 g/mol. The molecule has 0 bridgehead atoms. The molecule has 0 N–H and O–H groups in total. The Kier molecular flexibility index (Phi) is 17.9. The fourth-order valence-electron chi connectivity index (χ4n) is 18.3. The molecule has 10 heteroatoms. The first-order chi connectivity index (χ1) is 60.1. The first-order valence-electron chi connectivity index (χ1n) is 41.3. The van der Waals surface area contributed by atoms with Gasteiger partial charge in [-0.25, -0.2) is 19.3 Å². The number of benzene rings is 15. The van der Waals surface area contributed by atoms with E-state index in [-0.39, 0.29) is 0 Å². The van der Waals surface area contributed by atoms with Crippen LogP contribution < -0.4 is 0 Å². The van der Waals surface area contributed by atoms with Gasteiger partial charge in [0.25, 0.3) is 0 Å². The van der Waals surface area contributed by atoms with E-state index in [4.69, 9.17) is 20.2 Å². The highest BCUT2D eigenvalue weighted by Crippen LogP contribution is 2.49. The average Bonchev–Trinajstić information content (AvgIpc) is 0.769. The van der Waals surface area contributed by atoms with Crippen LogP contribution in [-0.2, 0) is 0 Å². The summed E-state index contributed by atoms with van der Waals surface area (Å²) in [7, 11) is 0. The molecule has 22 aromatic rings. The van der Waals surface area contributed by atoms with Crippen molar-refractivity contribution in [3.8, 4) is 168 Å². The Balaban J connectivity index is 0.688. The van der Waals surface area contributed by atoms with Crippen molar-refractivity contribution < 1.29 is 0 Å². The quantitative estimate of drug-likeness (QED) is 0.0694. The maximum Gasteiger partial charge on any atom is 0.116 e. The summed E-state index contributed by atoms with van der Waals surface area (Å²) < 4.78 is 4.34. The Labute approximate surface area is 706 Å². The third-order valence-electron chi connectivity index (χ3n) is 24.5. The topological polar surface area (TPSA) is 113 Å². The van der Waals surface area contributed by atoms with Gasteiger partial charge in [0.15, 0.2) is 0 Å². The van der Waals surface area contributed by atoms with Gasteiger partial charge in [-0.2, -0.15) is 10.2 Å². The van der Waals surface area contributed by atoms with Gasteiger partial charge in [0.05, 0.1) is 68.0 Å². The van der Waals surface area contributed by atoms with Crippen molar-refractivity contribution in [3.63, 3.8) is 0 Å². The molecule has 7 heterocycles. The zero-order valence-corrected chi connectivity index (χ0v) is 67.4. The van der Waals surface area contributed by atoms with E-state index in [1.807, 2.05) is 73.3 Å². The Morgan fingerprint density at radius 2 is 0.467 bits per heavy atom. The smallest absolute Gasteiger partial charge is 0.116 e. The van der Waals surface area contributed by atoms with E-state index in [1.165, 1.54) is 0 Å². The molecular weight excluding hydrogens is 1490 g/mol. The number of rotatable bonds is 16. The second-order valence-corrected chi connectivity index (χ2v) is 31.5. The average molecular weight is 1560 g/mol. The van der Waals surface area contributed by atoms with Gasteiger partial charge in [-0.05, 0) is 259 Å². The molecule has 122 heavy (non-hydrogen) atoms. The molecule has 0 spiro atoms. The summed E-state index contributed by atoms with van der Waals surface area (Å²) in [6, 6.07) is 129. The normalized spacial score (nSPS) is 11.6. The number of pyridine rings is 4. The molecule has 15 aromatic carbocycles. The van der Waals surface area contributed by atoms with Crippen LogP contribution in [0.2, 0.25) is 0 Å². The van der Waals surface area contributed by atoms with E-state index in [9.17, 15) is 0 Å². The van der Waals surface area contributed by atoms with Gasteiger partial charge < -0.3 is 0 Å². The summed E-state index contributed by atoms with van der Waals surface area (Å²) in [4.78, 5) is 29.2. The summed E-state index contributed by atoms with van der Waals surface area (Å²) in [5, 5.41) is 19.6. The molecule has 0 radical (unpaired) electrons. The van der Waals surface area contributed by atoms with Gasteiger partial charge >= 0.3 is 0 Å². The maximum atomic E-state index is 5.52. The number of aryl methyl sites for hydroxylation is 2. The van der Waals surface area contributed by atoms with E-state index in [1.54, 1.807) is 6.33 Å². The molecule has 0 aliphatic rings. The zero-order chi connectivity index (χ0) is 81.5. The number of aromatic nitrogens is 10. The van der Waals surface area contributed by atoms with E-state index >= 15 is 0 Å². The van der Waals surface area contributed by atoms with Crippen LogP contribution >= 0.6 is 0 Å². The van der Waals surface area contributed by atoms with Crippen LogP contribution in [0.25, 0.3) is 222 Å². The van der Waals surface area contributed by atoms with Crippen molar-refractivity contribution in [2.45, 2.75) is 27.7 Å². The molecule has 0 aliphatic heterocycles. The van der Waals surface area contributed by atoms with E-state index < -0.39 is 0 Å². The minimum atomic E-state index is 0.897. The Morgan fingerprint density at radius 3 is 0.754 bits per heavy atom. The Hall–Kier alpha value is -16.0. The third-order valence-corrected chi connectivity index (χ3v) is 24.5. The van der Waals surface area contributed by atoms with E-state index in [0.29, 0.717) is 0 Å². The maximum absolute atomic E-state index is 5.52. The van der Waals surface area contributed by atoms with Gasteiger partial charge in [0, 0.05) is 79.7 Å². The summed E-state index contributed by atoms with van der Waals surface area (Å²) in [5.74, 6) is 0. The highest BCUT2D eigenvalue weighted by Gasteiger charge is 2.27. The predicted molar refractivity (Wildman–Crippen MR) is 501 cm³/mol. The lowest BCUT2D eigenvalue weighted by Crippen LogP contribution is -2.02. The molecule has 0 fully saturated rings. The van der Waals surface area contributed by atoms with Gasteiger partial charge in [0.1, 0.15) is 6.33 Å². The fraction of sp³-hybridized carbons (Fsp3) is 0.0357. The van der Waals surface area contributed by atoms with Crippen molar-refractivity contribution in [1.29, 1.82) is 0 Å². The largest absolute Gasteiger partial charge is 0.256 e. The zero-order valence-electron chi connectivity index (χ0n) is 67.4. The van der Waals surface area contributed by atoms with Crippen LogP contribution in [0.3, 0.4) is 0 Å². The van der Waals surface area contributed by atoms with Gasteiger partial charge in [-0.1, -0.05) is 249 Å². The highest BCUT2D eigenvalue weighted by atomic mass is 15.3. The molecule has 0 aliphatic carbocycles. The van der Waals surface area contributed by atoms with Gasteiger partial charge in [0.2, 0.25) is 0 Å². The number of hydrogen-bond acceptors (Lipinski definition) is 8. The van der Waals surface area contributed by atoms with Crippen molar-refractivity contribution in [3.05, 3.63) is 412 Å². The molecule has 10 nitrogen and oxygen atoms in total. The third kappa shape index (κ3) is 12.8.